The fourth-order valence-electron chi connectivity index (χ4n) is 3.44. The lowest BCUT2D eigenvalue weighted by molar-refractivity contribution is 0.102. The molecule has 4 rings (SSSR count). The van der Waals surface area contributed by atoms with Crippen LogP contribution < -0.4 is 5.32 Å². The lowest BCUT2D eigenvalue weighted by Gasteiger charge is -2.11. The Morgan fingerprint density at radius 3 is 2.61 bits per heavy atom. The van der Waals surface area contributed by atoms with E-state index in [1.54, 1.807) is 24.6 Å². The van der Waals surface area contributed by atoms with Gasteiger partial charge in [-0.15, -0.1) is 0 Å². The number of carbonyl (C=O) groups is 1. The molecule has 3 heterocycles. The highest BCUT2D eigenvalue weighted by molar-refractivity contribution is 6.12. The van der Waals surface area contributed by atoms with Crippen LogP contribution in [0, 0.1) is 0 Å². The zero-order chi connectivity index (χ0) is 22.0. The maximum absolute atomic E-state index is 13.2. The average molecular weight is 418 g/mol. The number of hydrogen-bond acceptors (Lipinski definition) is 5. The number of furan rings is 1. The van der Waals surface area contributed by atoms with Gasteiger partial charge in [-0.05, 0) is 70.3 Å². The average Bonchev–Trinajstić information content (AvgIpc) is 3.42. The van der Waals surface area contributed by atoms with Crippen LogP contribution in [0.1, 0.15) is 35.8 Å². The molecule has 3 aromatic heterocycles. The smallest absolute Gasteiger partial charge is 0.256 e. The topological polar surface area (TPSA) is 76.2 Å². The van der Waals surface area contributed by atoms with Crippen LogP contribution in [0.15, 0.2) is 59.3 Å². The summed E-state index contributed by atoms with van der Waals surface area (Å²) in [7, 11) is 4.12. The molecule has 0 aliphatic rings. The highest BCUT2D eigenvalue weighted by Gasteiger charge is 2.19. The Hall–Kier alpha value is -3.45. The number of aromatic nitrogens is 3. The predicted molar refractivity (Wildman–Crippen MR) is 122 cm³/mol. The number of rotatable bonds is 7. The van der Waals surface area contributed by atoms with E-state index in [1.165, 1.54) is 5.56 Å². The third-order valence-corrected chi connectivity index (χ3v) is 5.13. The highest BCUT2D eigenvalue weighted by atomic mass is 16.3. The summed E-state index contributed by atoms with van der Waals surface area (Å²) in [6.07, 6.45) is 4.26. The molecule has 7 nitrogen and oxygen atoms in total. The predicted octanol–water partition coefficient (Wildman–Crippen LogP) is 4.63. The maximum atomic E-state index is 13.2. The van der Waals surface area contributed by atoms with Crippen LogP contribution in [-0.2, 0) is 6.42 Å². The number of amides is 1. The van der Waals surface area contributed by atoms with E-state index in [-0.39, 0.29) is 11.9 Å². The van der Waals surface area contributed by atoms with E-state index in [9.17, 15) is 4.79 Å². The van der Waals surface area contributed by atoms with Crippen molar-refractivity contribution in [2.45, 2.75) is 26.3 Å². The third kappa shape index (κ3) is 4.51. The van der Waals surface area contributed by atoms with Crippen molar-refractivity contribution in [1.82, 2.24) is 19.7 Å². The van der Waals surface area contributed by atoms with Gasteiger partial charge in [0.25, 0.3) is 5.91 Å². The molecule has 7 heteroatoms. The molecule has 1 amide bonds. The van der Waals surface area contributed by atoms with Crippen molar-refractivity contribution in [2.75, 3.05) is 26.0 Å². The zero-order valence-corrected chi connectivity index (χ0v) is 18.3. The van der Waals surface area contributed by atoms with Gasteiger partial charge in [-0.25, -0.2) is 9.67 Å². The Bertz CT molecular complexity index is 1170. The Kier molecular flexibility index (Phi) is 5.86. The largest absolute Gasteiger partial charge is 0.463 e. The van der Waals surface area contributed by atoms with Crippen molar-refractivity contribution in [3.8, 4) is 11.5 Å². The summed E-state index contributed by atoms with van der Waals surface area (Å²) in [5, 5.41) is 8.17. The minimum atomic E-state index is -0.204. The summed E-state index contributed by atoms with van der Waals surface area (Å²) >= 11 is 0. The Balaban J connectivity index is 1.65. The van der Waals surface area contributed by atoms with E-state index in [0.29, 0.717) is 28.1 Å². The second kappa shape index (κ2) is 8.73. The fourth-order valence-corrected chi connectivity index (χ4v) is 3.44. The quantitative estimate of drug-likeness (QED) is 0.474. The van der Waals surface area contributed by atoms with Crippen LogP contribution in [-0.4, -0.2) is 46.2 Å². The molecule has 4 aromatic rings. The van der Waals surface area contributed by atoms with Gasteiger partial charge < -0.3 is 14.6 Å². The van der Waals surface area contributed by atoms with Gasteiger partial charge in [0.1, 0.15) is 5.69 Å². The lowest BCUT2D eigenvalue weighted by Crippen LogP contribution is -2.15. The van der Waals surface area contributed by atoms with E-state index >= 15 is 0 Å². The second-order valence-electron chi connectivity index (χ2n) is 8.16. The van der Waals surface area contributed by atoms with Crippen molar-refractivity contribution in [3.05, 3.63) is 66.1 Å². The Morgan fingerprint density at radius 2 is 1.97 bits per heavy atom. The van der Waals surface area contributed by atoms with E-state index in [4.69, 9.17) is 9.40 Å². The molecule has 0 unspecified atom stereocenters. The van der Waals surface area contributed by atoms with E-state index < -0.39 is 0 Å². The molecule has 0 fully saturated rings. The number of anilines is 1. The summed E-state index contributed by atoms with van der Waals surface area (Å²) < 4.78 is 7.34. The SMILES string of the molecule is CC(C)n1ncc2c(C(=O)Nc3ccc(CCN(C)C)cc3)cc(-c3ccco3)nc21. The van der Waals surface area contributed by atoms with Crippen molar-refractivity contribution in [2.24, 2.45) is 0 Å². The fraction of sp³-hybridized carbons (Fsp3) is 0.292. The summed E-state index contributed by atoms with van der Waals surface area (Å²) in [5.41, 5.74) is 3.76. The first-order valence-electron chi connectivity index (χ1n) is 10.4. The van der Waals surface area contributed by atoms with E-state index in [0.717, 1.165) is 18.7 Å². The number of fused-ring (bicyclic) bond motifs is 1. The molecule has 0 saturated heterocycles. The van der Waals surface area contributed by atoms with Crippen molar-refractivity contribution >= 4 is 22.6 Å². The Morgan fingerprint density at radius 1 is 1.19 bits per heavy atom. The number of benzene rings is 1. The number of hydrogen-bond donors (Lipinski definition) is 1. The van der Waals surface area contributed by atoms with Gasteiger partial charge in [-0.3, -0.25) is 4.79 Å². The van der Waals surface area contributed by atoms with Crippen molar-refractivity contribution in [1.29, 1.82) is 0 Å². The van der Waals surface area contributed by atoms with Crippen molar-refractivity contribution < 1.29 is 9.21 Å². The van der Waals surface area contributed by atoms with Crippen molar-refractivity contribution in [3.63, 3.8) is 0 Å². The van der Waals surface area contributed by atoms with Crippen LogP contribution in [0.2, 0.25) is 0 Å². The second-order valence-corrected chi connectivity index (χ2v) is 8.16. The molecule has 0 aliphatic heterocycles. The molecule has 0 aliphatic carbocycles. The molecule has 31 heavy (non-hydrogen) atoms. The zero-order valence-electron chi connectivity index (χ0n) is 18.3. The molecular weight excluding hydrogens is 390 g/mol. The Labute approximate surface area is 181 Å². The molecule has 0 spiro atoms. The maximum Gasteiger partial charge on any atom is 0.256 e. The van der Waals surface area contributed by atoms with Crippen LogP contribution in [0.5, 0.6) is 0 Å². The number of likely N-dealkylation sites (N-methyl/N-ethyl adjacent to an activating group) is 1. The normalized spacial score (nSPS) is 11.5. The molecule has 0 radical (unpaired) electrons. The van der Waals surface area contributed by atoms with Crippen LogP contribution in [0.25, 0.3) is 22.5 Å². The summed E-state index contributed by atoms with van der Waals surface area (Å²) in [5.74, 6) is 0.405. The van der Waals surface area contributed by atoms with Crippen LogP contribution in [0.4, 0.5) is 5.69 Å². The molecule has 0 saturated carbocycles. The summed E-state index contributed by atoms with van der Waals surface area (Å²) in [4.78, 5) is 20.1. The highest BCUT2D eigenvalue weighted by Crippen LogP contribution is 2.27. The van der Waals surface area contributed by atoms with Crippen LogP contribution >= 0.6 is 0 Å². The molecule has 0 atom stereocenters. The van der Waals surface area contributed by atoms with Gasteiger partial charge in [-0.1, -0.05) is 12.1 Å². The first-order valence-corrected chi connectivity index (χ1v) is 10.4. The minimum absolute atomic E-state index is 0.113. The van der Waals surface area contributed by atoms with Gasteiger partial charge in [0.15, 0.2) is 11.4 Å². The number of nitrogens with zero attached hydrogens (tertiary/aromatic N) is 4. The van der Waals surface area contributed by atoms with Crippen LogP contribution in [0.3, 0.4) is 0 Å². The summed E-state index contributed by atoms with van der Waals surface area (Å²) in [6.45, 7) is 5.05. The first-order chi connectivity index (χ1) is 14.9. The van der Waals surface area contributed by atoms with Gasteiger partial charge >= 0.3 is 0 Å². The third-order valence-electron chi connectivity index (χ3n) is 5.13. The minimum Gasteiger partial charge on any atom is -0.463 e. The monoisotopic (exact) mass is 417 g/mol. The van der Waals surface area contributed by atoms with Gasteiger partial charge in [-0.2, -0.15) is 5.10 Å². The number of pyridine rings is 1. The van der Waals surface area contributed by atoms with Gasteiger partial charge in [0, 0.05) is 18.3 Å². The molecular formula is C24H27N5O2. The number of nitrogens with one attached hydrogen (secondary N) is 1. The number of carbonyl (C=O) groups excluding carboxylic acids is 1. The molecule has 0 bridgehead atoms. The standard InChI is InChI=1S/C24H27N5O2/c1-16(2)29-23-20(15-25-29)19(14-21(27-23)22-6-5-13-31-22)24(30)26-18-9-7-17(8-10-18)11-12-28(3)4/h5-10,13-16H,11-12H2,1-4H3,(H,26,30). The van der Waals surface area contributed by atoms with Gasteiger partial charge in [0.2, 0.25) is 0 Å². The molecule has 1 N–H and O–H groups in total. The summed E-state index contributed by atoms with van der Waals surface area (Å²) in [6, 6.07) is 13.5. The first kappa shape index (κ1) is 20.8. The molecule has 160 valence electrons. The van der Waals surface area contributed by atoms with E-state index in [2.05, 4.69) is 29.4 Å². The lowest BCUT2D eigenvalue weighted by atomic mass is 10.1. The molecule has 1 aromatic carbocycles. The van der Waals surface area contributed by atoms with Gasteiger partial charge in [0.05, 0.1) is 23.4 Å². The van der Waals surface area contributed by atoms with E-state index in [1.807, 2.05) is 48.9 Å².